The normalized spacial score (nSPS) is 13.4. The molecule has 7 heteroatoms. The van der Waals surface area contributed by atoms with E-state index < -0.39 is 0 Å². The van der Waals surface area contributed by atoms with E-state index >= 15 is 0 Å². The molecule has 0 aliphatic carbocycles. The molecule has 1 atom stereocenters. The monoisotopic (exact) mass is 309 g/mol. The molecule has 0 saturated heterocycles. The molecule has 1 aromatic carbocycles. The Bertz CT molecular complexity index is 428. The Morgan fingerprint density at radius 1 is 1.39 bits per heavy atom. The SMILES string of the molecule is CCC(CC(N)=NO)Nc1c(Cl)cc(Cl)cc1Cl. The van der Waals surface area contributed by atoms with E-state index in [1.54, 1.807) is 12.1 Å². The lowest BCUT2D eigenvalue weighted by Crippen LogP contribution is -2.26. The van der Waals surface area contributed by atoms with Gasteiger partial charge in [-0.3, -0.25) is 0 Å². The second kappa shape index (κ2) is 6.92. The van der Waals surface area contributed by atoms with E-state index in [9.17, 15) is 0 Å². The van der Waals surface area contributed by atoms with E-state index in [2.05, 4.69) is 10.5 Å². The van der Waals surface area contributed by atoms with Crippen molar-refractivity contribution >= 4 is 46.3 Å². The number of nitrogens with two attached hydrogens (primary N) is 1. The van der Waals surface area contributed by atoms with Crippen molar-refractivity contribution in [2.45, 2.75) is 25.8 Å². The van der Waals surface area contributed by atoms with Crippen molar-refractivity contribution in [1.82, 2.24) is 0 Å². The van der Waals surface area contributed by atoms with E-state index in [0.29, 0.717) is 27.2 Å². The summed E-state index contributed by atoms with van der Waals surface area (Å²) in [5, 5.41) is 16.0. The van der Waals surface area contributed by atoms with Crippen LogP contribution in [0.3, 0.4) is 0 Å². The van der Waals surface area contributed by atoms with Crippen molar-refractivity contribution in [3.8, 4) is 0 Å². The van der Waals surface area contributed by atoms with E-state index in [1.165, 1.54) is 0 Å². The molecule has 1 aromatic rings. The average Bonchev–Trinajstić information content (AvgIpc) is 2.31. The molecule has 0 bridgehead atoms. The number of benzene rings is 1. The predicted molar refractivity (Wildman–Crippen MR) is 77.2 cm³/mol. The molecule has 0 saturated carbocycles. The molecule has 0 radical (unpaired) electrons. The number of oxime groups is 1. The van der Waals surface area contributed by atoms with Gasteiger partial charge >= 0.3 is 0 Å². The third-order valence-electron chi connectivity index (χ3n) is 2.43. The Labute approximate surface area is 121 Å². The Balaban J connectivity index is 2.88. The molecule has 1 unspecified atom stereocenters. The van der Waals surface area contributed by atoms with Gasteiger partial charge in [-0.25, -0.2) is 0 Å². The number of rotatable bonds is 5. The van der Waals surface area contributed by atoms with Gasteiger partial charge in [0, 0.05) is 17.5 Å². The maximum atomic E-state index is 8.56. The van der Waals surface area contributed by atoms with Crippen LogP contribution in [0.25, 0.3) is 0 Å². The summed E-state index contributed by atoms with van der Waals surface area (Å²) in [5.74, 6) is 0.149. The van der Waals surface area contributed by atoms with Gasteiger partial charge in [-0.15, -0.1) is 0 Å². The van der Waals surface area contributed by atoms with Crippen LogP contribution in [-0.2, 0) is 0 Å². The quantitative estimate of drug-likeness (QED) is 0.333. The minimum Gasteiger partial charge on any atom is -0.409 e. The Morgan fingerprint density at radius 2 is 1.94 bits per heavy atom. The van der Waals surface area contributed by atoms with Crippen LogP contribution in [0, 0.1) is 0 Å². The van der Waals surface area contributed by atoms with Gasteiger partial charge in [0.2, 0.25) is 0 Å². The van der Waals surface area contributed by atoms with Crippen LogP contribution in [0.4, 0.5) is 5.69 Å². The second-order valence-corrected chi connectivity index (χ2v) is 5.04. The number of halogens is 3. The van der Waals surface area contributed by atoms with Gasteiger partial charge in [0.25, 0.3) is 0 Å². The van der Waals surface area contributed by atoms with Crippen molar-refractivity contribution in [2.24, 2.45) is 10.9 Å². The molecule has 18 heavy (non-hydrogen) atoms. The van der Waals surface area contributed by atoms with Crippen LogP contribution in [0.2, 0.25) is 15.1 Å². The standard InChI is InChI=1S/C11H14Cl3N3O/c1-2-7(5-10(15)17-18)16-11-8(13)3-6(12)4-9(11)14/h3-4,7,16,18H,2,5H2,1H3,(H2,15,17). The minimum absolute atomic E-state index is 0.0305. The van der Waals surface area contributed by atoms with Crippen molar-refractivity contribution in [3.63, 3.8) is 0 Å². The molecular formula is C11H14Cl3N3O. The summed E-state index contributed by atoms with van der Waals surface area (Å²) in [7, 11) is 0. The van der Waals surface area contributed by atoms with Crippen LogP contribution in [0.5, 0.6) is 0 Å². The first-order chi connectivity index (χ1) is 8.47. The lowest BCUT2D eigenvalue weighted by Gasteiger charge is -2.19. The first-order valence-corrected chi connectivity index (χ1v) is 6.48. The number of hydrogen-bond donors (Lipinski definition) is 3. The van der Waals surface area contributed by atoms with Gasteiger partial charge in [0.15, 0.2) is 0 Å². The van der Waals surface area contributed by atoms with Crippen LogP contribution in [0.1, 0.15) is 19.8 Å². The predicted octanol–water partition coefficient (Wildman–Crippen LogP) is 3.97. The highest BCUT2D eigenvalue weighted by atomic mass is 35.5. The molecule has 0 amide bonds. The van der Waals surface area contributed by atoms with Crippen molar-refractivity contribution in [2.75, 3.05) is 5.32 Å². The highest BCUT2D eigenvalue weighted by molar-refractivity contribution is 6.41. The van der Waals surface area contributed by atoms with Gasteiger partial charge in [-0.1, -0.05) is 46.9 Å². The van der Waals surface area contributed by atoms with E-state index in [4.69, 9.17) is 45.7 Å². The minimum atomic E-state index is -0.0305. The molecule has 0 aromatic heterocycles. The number of nitrogens with zero attached hydrogens (tertiary/aromatic N) is 1. The molecule has 0 fully saturated rings. The molecule has 4 N–H and O–H groups in total. The lowest BCUT2D eigenvalue weighted by molar-refractivity contribution is 0.316. The number of nitrogens with one attached hydrogen (secondary N) is 1. The summed E-state index contributed by atoms with van der Waals surface area (Å²) in [5.41, 5.74) is 6.07. The lowest BCUT2D eigenvalue weighted by atomic mass is 10.1. The molecule has 1 rings (SSSR count). The van der Waals surface area contributed by atoms with Crippen molar-refractivity contribution in [1.29, 1.82) is 0 Å². The average molecular weight is 311 g/mol. The number of hydrogen-bond acceptors (Lipinski definition) is 3. The fourth-order valence-corrected chi connectivity index (χ4v) is 2.40. The van der Waals surface area contributed by atoms with E-state index in [1.807, 2.05) is 6.92 Å². The van der Waals surface area contributed by atoms with Gasteiger partial charge in [-0.2, -0.15) is 0 Å². The smallest absolute Gasteiger partial charge is 0.141 e. The third kappa shape index (κ3) is 4.12. The summed E-state index contributed by atoms with van der Waals surface area (Å²) in [6.07, 6.45) is 1.16. The molecule has 0 aliphatic rings. The van der Waals surface area contributed by atoms with E-state index in [-0.39, 0.29) is 11.9 Å². The largest absolute Gasteiger partial charge is 0.409 e. The first kappa shape index (κ1) is 15.2. The molecule has 4 nitrogen and oxygen atoms in total. The summed E-state index contributed by atoms with van der Waals surface area (Å²) in [6.45, 7) is 1.97. The molecule has 0 spiro atoms. The van der Waals surface area contributed by atoms with Crippen LogP contribution in [0.15, 0.2) is 17.3 Å². The Kier molecular flexibility index (Phi) is 5.85. The van der Waals surface area contributed by atoms with Gasteiger partial charge in [0.05, 0.1) is 15.7 Å². The van der Waals surface area contributed by atoms with Crippen LogP contribution >= 0.6 is 34.8 Å². The molecule has 0 aliphatic heterocycles. The summed E-state index contributed by atoms with van der Waals surface area (Å²) in [4.78, 5) is 0. The Hall–Kier alpha value is -0.840. The number of anilines is 1. The van der Waals surface area contributed by atoms with Gasteiger partial charge in [-0.05, 0) is 18.6 Å². The fraction of sp³-hybridized carbons (Fsp3) is 0.364. The summed E-state index contributed by atoms with van der Waals surface area (Å²) < 4.78 is 0. The number of amidine groups is 1. The summed E-state index contributed by atoms with van der Waals surface area (Å²) >= 11 is 18.0. The third-order valence-corrected chi connectivity index (χ3v) is 3.25. The topological polar surface area (TPSA) is 70.6 Å². The van der Waals surface area contributed by atoms with E-state index in [0.717, 1.165) is 6.42 Å². The fourth-order valence-electron chi connectivity index (χ4n) is 1.47. The maximum Gasteiger partial charge on any atom is 0.141 e. The van der Waals surface area contributed by atoms with Crippen molar-refractivity contribution < 1.29 is 5.21 Å². The highest BCUT2D eigenvalue weighted by Gasteiger charge is 2.14. The molecule has 100 valence electrons. The first-order valence-electron chi connectivity index (χ1n) is 5.35. The zero-order valence-electron chi connectivity index (χ0n) is 9.75. The maximum absolute atomic E-state index is 8.56. The highest BCUT2D eigenvalue weighted by Crippen LogP contribution is 2.34. The molecule has 0 heterocycles. The second-order valence-electron chi connectivity index (χ2n) is 3.79. The van der Waals surface area contributed by atoms with Gasteiger partial charge < -0.3 is 16.3 Å². The van der Waals surface area contributed by atoms with Crippen LogP contribution < -0.4 is 11.1 Å². The molecular weight excluding hydrogens is 296 g/mol. The van der Waals surface area contributed by atoms with Crippen molar-refractivity contribution in [3.05, 3.63) is 27.2 Å². The zero-order chi connectivity index (χ0) is 13.7. The zero-order valence-corrected chi connectivity index (χ0v) is 12.0. The summed E-state index contributed by atoms with van der Waals surface area (Å²) in [6, 6.07) is 3.18. The van der Waals surface area contributed by atoms with Gasteiger partial charge in [0.1, 0.15) is 5.84 Å². The Morgan fingerprint density at radius 3 is 2.39 bits per heavy atom. The van der Waals surface area contributed by atoms with Crippen LogP contribution in [-0.4, -0.2) is 17.1 Å².